The molecule has 3 aliphatic rings. The quantitative estimate of drug-likeness (QED) is 0.754. The van der Waals surface area contributed by atoms with Gasteiger partial charge in [-0.2, -0.15) is 0 Å². The molecule has 1 saturated carbocycles. The Bertz CT molecular complexity index is 1020. The number of carbonyl (C=O) groups is 3. The second-order valence-corrected chi connectivity index (χ2v) is 8.66. The van der Waals surface area contributed by atoms with Crippen LogP contribution in [0.15, 0.2) is 54.6 Å². The summed E-state index contributed by atoms with van der Waals surface area (Å²) in [6, 6.07) is 17.4. The molecule has 5 rings (SSSR count). The zero-order valence-corrected chi connectivity index (χ0v) is 16.8. The van der Waals surface area contributed by atoms with Crippen molar-refractivity contribution >= 4 is 17.8 Å². The molecule has 1 aliphatic heterocycles. The first-order valence-corrected chi connectivity index (χ1v) is 10.6. The second kappa shape index (κ2) is 6.97. The Morgan fingerprint density at radius 2 is 1.73 bits per heavy atom. The molecule has 0 aromatic heterocycles. The summed E-state index contributed by atoms with van der Waals surface area (Å²) < 4.78 is 0. The third kappa shape index (κ3) is 2.82. The number of fused-ring (bicyclic) bond motifs is 2. The summed E-state index contributed by atoms with van der Waals surface area (Å²) in [4.78, 5) is 39.5. The molecule has 1 unspecified atom stereocenters. The van der Waals surface area contributed by atoms with Crippen molar-refractivity contribution in [3.63, 3.8) is 0 Å². The number of benzene rings is 2. The average molecular weight is 403 g/mol. The summed E-state index contributed by atoms with van der Waals surface area (Å²) in [7, 11) is 0. The highest BCUT2D eigenvalue weighted by Crippen LogP contribution is 2.43. The monoisotopic (exact) mass is 403 g/mol. The molecule has 1 heterocycles. The van der Waals surface area contributed by atoms with Gasteiger partial charge in [0, 0.05) is 12.0 Å². The lowest BCUT2D eigenvalue weighted by Gasteiger charge is -2.42. The lowest BCUT2D eigenvalue weighted by molar-refractivity contribution is -0.135. The predicted octanol–water partition coefficient (Wildman–Crippen LogP) is 2.62. The Labute approximate surface area is 175 Å². The molecule has 1 saturated heterocycles. The van der Waals surface area contributed by atoms with Crippen molar-refractivity contribution in [2.24, 2.45) is 0 Å². The van der Waals surface area contributed by atoms with Crippen LogP contribution in [0.2, 0.25) is 0 Å². The van der Waals surface area contributed by atoms with Crippen molar-refractivity contribution in [2.75, 3.05) is 13.1 Å². The predicted molar refractivity (Wildman–Crippen MR) is 112 cm³/mol. The minimum atomic E-state index is -1.02. The van der Waals surface area contributed by atoms with Gasteiger partial charge in [-0.15, -0.1) is 0 Å². The van der Waals surface area contributed by atoms with Crippen molar-refractivity contribution < 1.29 is 14.4 Å². The SMILES string of the molecule is O=C(CN1C(=O)NC2(CCc3ccccc32)C1=O)NCC1(c2ccccc2)CCC1. The van der Waals surface area contributed by atoms with E-state index in [2.05, 4.69) is 22.8 Å². The highest BCUT2D eigenvalue weighted by atomic mass is 16.2. The molecule has 2 N–H and O–H groups in total. The molecular formula is C24H25N3O3. The van der Waals surface area contributed by atoms with E-state index in [4.69, 9.17) is 0 Å². The van der Waals surface area contributed by atoms with Crippen LogP contribution >= 0.6 is 0 Å². The standard InChI is InChI=1S/C24H25N3O3/c28-20(25-16-23(12-6-13-23)18-8-2-1-3-9-18)15-27-21(29)24(26-22(27)30)14-11-17-7-4-5-10-19(17)24/h1-5,7-10H,6,11-16H2,(H,25,28)(H,26,30). The summed E-state index contributed by atoms with van der Waals surface area (Å²) >= 11 is 0. The lowest BCUT2D eigenvalue weighted by atomic mass is 9.64. The minimum Gasteiger partial charge on any atom is -0.354 e. The third-order valence-corrected chi connectivity index (χ3v) is 7.04. The molecule has 0 bridgehead atoms. The summed E-state index contributed by atoms with van der Waals surface area (Å²) in [5, 5.41) is 5.85. The normalized spacial score (nSPS) is 23.8. The number of aryl methyl sites for hydroxylation is 1. The van der Waals surface area contributed by atoms with Crippen molar-refractivity contribution in [1.82, 2.24) is 15.5 Å². The average Bonchev–Trinajstić information content (AvgIpc) is 3.21. The highest BCUT2D eigenvalue weighted by Gasteiger charge is 2.55. The van der Waals surface area contributed by atoms with Crippen LogP contribution < -0.4 is 10.6 Å². The van der Waals surface area contributed by atoms with Crippen LogP contribution in [0.4, 0.5) is 4.79 Å². The Morgan fingerprint density at radius 3 is 2.47 bits per heavy atom. The zero-order valence-electron chi connectivity index (χ0n) is 16.8. The lowest BCUT2D eigenvalue weighted by Crippen LogP contribution is -2.49. The van der Waals surface area contributed by atoms with Crippen molar-refractivity contribution in [3.8, 4) is 0 Å². The van der Waals surface area contributed by atoms with Crippen LogP contribution in [0.1, 0.15) is 42.4 Å². The second-order valence-electron chi connectivity index (χ2n) is 8.66. The van der Waals surface area contributed by atoms with E-state index in [-0.39, 0.29) is 23.8 Å². The van der Waals surface area contributed by atoms with Crippen molar-refractivity contribution in [3.05, 3.63) is 71.3 Å². The van der Waals surface area contributed by atoms with Gasteiger partial charge in [-0.25, -0.2) is 4.79 Å². The third-order valence-electron chi connectivity index (χ3n) is 7.04. The number of imide groups is 1. The van der Waals surface area contributed by atoms with E-state index < -0.39 is 11.6 Å². The van der Waals surface area contributed by atoms with Crippen molar-refractivity contribution in [2.45, 2.75) is 43.1 Å². The van der Waals surface area contributed by atoms with E-state index >= 15 is 0 Å². The molecule has 1 spiro atoms. The van der Waals surface area contributed by atoms with E-state index in [9.17, 15) is 14.4 Å². The van der Waals surface area contributed by atoms with E-state index in [1.807, 2.05) is 42.5 Å². The number of nitrogens with one attached hydrogen (secondary N) is 2. The van der Waals surface area contributed by atoms with Gasteiger partial charge in [0.1, 0.15) is 12.1 Å². The van der Waals surface area contributed by atoms with Gasteiger partial charge in [0.2, 0.25) is 5.91 Å². The Hall–Kier alpha value is -3.15. The molecule has 1 atom stereocenters. The first kappa shape index (κ1) is 18.9. The van der Waals surface area contributed by atoms with Gasteiger partial charge in [0.25, 0.3) is 5.91 Å². The van der Waals surface area contributed by atoms with Gasteiger partial charge >= 0.3 is 6.03 Å². The van der Waals surface area contributed by atoms with Gasteiger partial charge in [-0.1, -0.05) is 61.0 Å². The molecule has 2 aromatic carbocycles. The molecule has 2 aromatic rings. The molecule has 6 nitrogen and oxygen atoms in total. The van der Waals surface area contributed by atoms with Crippen LogP contribution in [0.3, 0.4) is 0 Å². The van der Waals surface area contributed by atoms with Gasteiger partial charge < -0.3 is 10.6 Å². The number of rotatable bonds is 5. The molecule has 0 radical (unpaired) electrons. The summed E-state index contributed by atoms with van der Waals surface area (Å²) in [5.41, 5.74) is 2.09. The Kier molecular flexibility index (Phi) is 4.38. The minimum absolute atomic E-state index is 0.0419. The Balaban J connectivity index is 1.27. The zero-order chi connectivity index (χ0) is 20.8. The largest absolute Gasteiger partial charge is 0.354 e. The molecule has 4 amide bonds. The van der Waals surface area contributed by atoms with E-state index in [1.54, 1.807) is 0 Å². The fourth-order valence-electron chi connectivity index (χ4n) is 5.16. The van der Waals surface area contributed by atoms with Crippen LogP contribution in [0.5, 0.6) is 0 Å². The molecule has 30 heavy (non-hydrogen) atoms. The van der Waals surface area contributed by atoms with Gasteiger partial charge in [0.15, 0.2) is 0 Å². The van der Waals surface area contributed by atoms with Gasteiger partial charge in [-0.05, 0) is 42.4 Å². The van der Waals surface area contributed by atoms with Gasteiger partial charge in [-0.3, -0.25) is 14.5 Å². The first-order chi connectivity index (χ1) is 14.5. The number of amides is 4. The van der Waals surface area contributed by atoms with Crippen LogP contribution in [0, 0.1) is 0 Å². The molecule has 154 valence electrons. The smallest absolute Gasteiger partial charge is 0.325 e. The van der Waals surface area contributed by atoms with E-state index in [1.165, 1.54) is 5.56 Å². The molecule has 2 fully saturated rings. The molecule has 2 aliphatic carbocycles. The van der Waals surface area contributed by atoms with Crippen LogP contribution in [-0.2, 0) is 27.0 Å². The maximum Gasteiger partial charge on any atom is 0.325 e. The highest BCUT2D eigenvalue weighted by molar-refractivity contribution is 6.09. The summed E-state index contributed by atoms with van der Waals surface area (Å²) in [6.07, 6.45) is 4.47. The van der Waals surface area contributed by atoms with Gasteiger partial charge in [0.05, 0.1) is 0 Å². The summed E-state index contributed by atoms with van der Waals surface area (Å²) in [6.45, 7) is 0.271. The Morgan fingerprint density at radius 1 is 1.00 bits per heavy atom. The number of carbonyl (C=O) groups excluding carboxylic acids is 3. The first-order valence-electron chi connectivity index (χ1n) is 10.6. The fraction of sp³-hybridized carbons (Fsp3) is 0.375. The maximum atomic E-state index is 13.2. The topological polar surface area (TPSA) is 78.5 Å². The number of hydrogen-bond donors (Lipinski definition) is 2. The van der Waals surface area contributed by atoms with Crippen LogP contribution in [0.25, 0.3) is 0 Å². The number of hydrogen-bond acceptors (Lipinski definition) is 3. The van der Waals surface area contributed by atoms with E-state index in [0.717, 1.165) is 41.7 Å². The molecular weight excluding hydrogens is 378 g/mol. The van der Waals surface area contributed by atoms with Crippen LogP contribution in [-0.4, -0.2) is 35.8 Å². The molecule has 6 heteroatoms. The maximum absolute atomic E-state index is 13.2. The number of nitrogens with zero attached hydrogens (tertiary/aromatic N) is 1. The number of urea groups is 1. The van der Waals surface area contributed by atoms with Crippen molar-refractivity contribution in [1.29, 1.82) is 0 Å². The summed E-state index contributed by atoms with van der Waals surface area (Å²) in [5.74, 6) is -0.627. The van der Waals surface area contributed by atoms with E-state index in [0.29, 0.717) is 13.0 Å². The fourth-order valence-corrected chi connectivity index (χ4v) is 5.16.